The predicted molar refractivity (Wildman–Crippen MR) is 79.7 cm³/mol. The molecule has 0 aromatic rings. The van der Waals surface area contributed by atoms with Crippen LogP contribution in [0, 0.1) is 5.41 Å². The van der Waals surface area contributed by atoms with Crippen LogP contribution in [0.2, 0.25) is 0 Å². The van der Waals surface area contributed by atoms with Crippen LogP contribution in [0.15, 0.2) is 35.1 Å². The number of aliphatic carboxylic acids is 1. The first-order valence-corrected chi connectivity index (χ1v) is 7.57. The summed E-state index contributed by atoms with van der Waals surface area (Å²) in [6, 6.07) is 0. The van der Waals surface area contributed by atoms with Gasteiger partial charge in [-0.1, -0.05) is 44.8 Å². The highest BCUT2D eigenvalue weighted by molar-refractivity contribution is 6.12. The minimum absolute atomic E-state index is 0.372. The van der Waals surface area contributed by atoms with Crippen molar-refractivity contribution in [2.75, 3.05) is 6.61 Å². The third-order valence-electron chi connectivity index (χ3n) is 4.17. The van der Waals surface area contributed by atoms with Gasteiger partial charge in [0, 0.05) is 5.57 Å². The van der Waals surface area contributed by atoms with Crippen molar-refractivity contribution in [3.63, 3.8) is 0 Å². The van der Waals surface area contributed by atoms with E-state index >= 15 is 0 Å². The number of hydrogen-bond acceptors (Lipinski definition) is 3. The number of hydrogen-bond donors (Lipinski definition) is 1. The van der Waals surface area contributed by atoms with Gasteiger partial charge in [-0.05, 0) is 25.0 Å². The molecule has 4 nitrogen and oxygen atoms in total. The van der Waals surface area contributed by atoms with E-state index < -0.39 is 11.4 Å². The van der Waals surface area contributed by atoms with Gasteiger partial charge in [0.25, 0.3) is 0 Å². The molecule has 1 unspecified atom stereocenters. The minimum atomic E-state index is -1.53. The Labute approximate surface area is 125 Å². The van der Waals surface area contributed by atoms with Gasteiger partial charge in [0.05, 0.1) is 6.61 Å². The number of ether oxygens (including phenoxy) is 1. The molecular formula is C17H22O4. The Bertz CT molecular complexity index is 523. The maximum absolute atomic E-state index is 11.9. The zero-order valence-electron chi connectivity index (χ0n) is 12.6. The van der Waals surface area contributed by atoms with Crippen LogP contribution in [0.25, 0.3) is 0 Å². The Balaban J connectivity index is 2.02. The van der Waals surface area contributed by atoms with E-state index in [1.807, 2.05) is 0 Å². The van der Waals surface area contributed by atoms with E-state index in [4.69, 9.17) is 4.74 Å². The van der Waals surface area contributed by atoms with Crippen LogP contribution in [0.5, 0.6) is 0 Å². The fourth-order valence-corrected chi connectivity index (χ4v) is 3.01. The van der Waals surface area contributed by atoms with E-state index in [-0.39, 0.29) is 5.78 Å². The van der Waals surface area contributed by atoms with Crippen LogP contribution < -0.4 is 0 Å². The molecule has 1 N–H and O–H groups in total. The summed E-state index contributed by atoms with van der Waals surface area (Å²) in [7, 11) is 0. The molecule has 4 heteroatoms. The normalized spacial score (nSPS) is 22.7. The van der Waals surface area contributed by atoms with E-state index in [2.05, 4.69) is 6.92 Å². The highest BCUT2D eigenvalue weighted by Crippen LogP contribution is 2.50. The van der Waals surface area contributed by atoms with Gasteiger partial charge in [-0.25, -0.2) is 0 Å². The third-order valence-corrected chi connectivity index (χ3v) is 4.17. The van der Waals surface area contributed by atoms with E-state index in [0.717, 1.165) is 12.8 Å². The average Bonchev–Trinajstić information content (AvgIpc) is 2.96. The van der Waals surface area contributed by atoms with Crippen molar-refractivity contribution in [3.05, 3.63) is 35.1 Å². The SMILES string of the molecule is CCCCCCCOC1=C2C=CC(=C1)C2(C(C)=O)C(=O)O. The van der Waals surface area contributed by atoms with Gasteiger partial charge in [-0.2, -0.15) is 0 Å². The summed E-state index contributed by atoms with van der Waals surface area (Å²) >= 11 is 0. The number of carboxylic acids is 1. The zero-order chi connectivity index (χ0) is 15.5. The molecule has 0 fully saturated rings. The molecule has 0 aromatic carbocycles. The summed E-state index contributed by atoms with van der Waals surface area (Å²) in [6.45, 7) is 4.06. The first-order chi connectivity index (χ1) is 10.0. The summed E-state index contributed by atoms with van der Waals surface area (Å²) in [5.74, 6) is -0.953. The van der Waals surface area contributed by atoms with Crippen molar-refractivity contribution in [1.29, 1.82) is 0 Å². The Morgan fingerprint density at radius 1 is 1.19 bits per heavy atom. The van der Waals surface area contributed by atoms with Crippen molar-refractivity contribution in [2.24, 2.45) is 5.41 Å². The number of carbonyl (C=O) groups excluding carboxylic acids is 1. The molecule has 0 spiro atoms. The Kier molecular flexibility index (Phi) is 4.66. The molecule has 2 aliphatic rings. The third kappa shape index (κ3) is 2.55. The van der Waals surface area contributed by atoms with Gasteiger partial charge in [-0.3, -0.25) is 9.59 Å². The van der Waals surface area contributed by atoms with Crippen LogP contribution in [0.1, 0.15) is 46.0 Å². The predicted octanol–water partition coefficient (Wildman–Crippen LogP) is 3.40. The van der Waals surface area contributed by atoms with Gasteiger partial charge < -0.3 is 9.84 Å². The van der Waals surface area contributed by atoms with Gasteiger partial charge in [0.15, 0.2) is 11.2 Å². The smallest absolute Gasteiger partial charge is 0.326 e. The van der Waals surface area contributed by atoms with Gasteiger partial charge >= 0.3 is 5.97 Å². The lowest BCUT2D eigenvalue weighted by molar-refractivity contribution is -0.148. The Morgan fingerprint density at radius 3 is 2.48 bits per heavy atom. The number of fused-ring (bicyclic) bond motifs is 2. The molecule has 0 saturated heterocycles. The van der Waals surface area contributed by atoms with Crippen LogP contribution >= 0.6 is 0 Å². The van der Waals surface area contributed by atoms with Crippen molar-refractivity contribution in [3.8, 4) is 0 Å². The number of carbonyl (C=O) groups is 2. The summed E-state index contributed by atoms with van der Waals surface area (Å²) in [4.78, 5) is 23.5. The highest BCUT2D eigenvalue weighted by atomic mass is 16.5. The lowest BCUT2D eigenvalue weighted by Crippen LogP contribution is -2.37. The molecule has 2 rings (SSSR count). The summed E-state index contributed by atoms with van der Waals surface area (Å²) in [5, 5.41) is 9.51. The Morgan fingerprint density at radius 2 is 1.90 bits per heavy atom. The van der Waals surface area contributed by atoms with E-state index in [1.165, 1.54) is 26.2 Å². The largest absolute Gasteiger partial charge is 0.493 e. The average molecular weight is 290 g/mol. The van der Waals surface area contributed by atoms with Crippen LogP contribution in [-0.2, 0) is 14.3 Å². The first kappa shape index (κ1) is 15.5. The second-order valence-electron chi connectivity index (χ2n) is 5.58. The van der Waals surface area contributed by atoms with Crippen LogP contribution in [-0.4, -0.2) is 23.5 Å². The molecule has 2 aliphatic carbocycles. The van der Waals surface area contributed by atoms with Crippen molar-refractivity contribution >= 4 is 11.8 Å². The van der Waals surface area contributed by atoms with Gasteiger partial charge in [-0.15, -0.1) is 0 Å². The van der Waals surface area contributed by atoms with Crippen molar-refractivity contribution in [1.82, 2.24) is 0 Å². The minimum Gasteiger partial charge on any atom is -0.493 e. The quantitative estimate of drug-likeness (QED) is 0.522. The molecular weight excluding hydrogens is 268 g/mol. The standard InChI is InChI=1S/C17H22O4/c1-3-4-5-6-7-10-21-15-11-13-8-9-14(15)17(13,12(2)18)16(19)20/h8-9,11H,3-7,10H2,1-2H3,(H,19,20). The topological polar surface area (TPSA) is 63.6 Å². The second kappa shape index (κ2) is 6.29. The molecule has 0 saturated carbocycles. The Hall–Kier alpha value is -1.84. The number of unbranched alkanes of at least 4 members (excludes halogenated alkanes) is 4. The number of carboxylic acid groups (broad SMARTS) is 1. The number of rotatable bonds is 9. The molecule has 0 aliphatic heterocycles. The lowest BCUT2D eigenvalue weighted by atomic mass is 9.78. The van der Waals surface area contributed by atoms with Crippen molar-refractivity contribution < 1.29 is 19.4 Å². The first-order valence-electron chi connectivity index (χ1n) is 7.57. The van der Waals surface area contributed by atoms with Gasteiger partial charge in [0.1, 0.15) is 5.76 Å². The zero-order valence-corrected chi connectivity index (χ0v) is 12.6. The molecule has 1 atom stereocenters. The fourth-order valence-electron chi connectivity index (χ4n) is 3.01. The van der Waals surface area contributed by atoms with Crippen molar-refractivity contribution in [2.45, 2.75) is 46.0 Å². The summed E-state index contributed by atoms with van der Waals surface area (Å²) in [6.07, 6.45) is 10.8. The molecule has 0 amide bonds. The number of ketones is 1. The second-order valence-corrected chi connectivity index (χ2v) is 5.58. The summed E-state index contributed by atoms with van der Waals surface area (Å²) in [5.41, 5.74) is -0.540. The molecule has 0 aromatic heterocycles. The van der Waals surface area contributed by atoms with E-state index in [1.54, 1.807) is 18.2 Å². The maximum Gasteiger partial charge on any atom is 0.326 e. The van der Waals surface area contributed by atoms with Gasteiger partial charge in [0.2, 0.25) is 0 Å². The molecule has 0 heterocycles. The molecule has 21 heavy (non-hydrogen) atoms. The van der Waals surface area contributed by atoms with E-state index in [9.17, 15) is 14.7 Å². The fraction of sp³-hybridized carbons (Fsp3) is 0.529. The number of allylic oxidation sites excluding steroid dienone is 3. The van der Waals surface area contributed by atoms with Crippen LogP contribution in [0.4, 0.5) is 0 Å². The monoisotopic (exact) mass is 290 g/mol. The maximum atomic E-state index is 11.9. The molecule has 114 valence electrons. The number of Topliss-reactive ketones (excluding diaryl/α,β-unsaturated/α-hetero) is 1. The molecule has 0 radical (unpaired) electrons. The lowest BCUT2D eigenvalue weighted by Gasteiger charge is -2.21. The van der Waals surface area contributed by atoms with E-state index in [0.29, 0.717) is 23.5 Å². The summed E-state index contributed by atoms with van der Waals surface area (Å²) < 4.78 is 5.71. The molecule has 2 bridgehead atoms. The van der Waals surface area contributed by atoms with Crippen LogP contribution in [0.3, 0.4) is 0 Å². The highest BCUT2D eigenvalue weighted by Gasteiger charge is 2.55.